The van der Waals surface area contributed by atoms with E-state index >= 15 is 0 Å². The van der Waals surface area contributed by atoms with Gasteiger partial charge in [-0.15, -0.1) is 0 Å². The van der Waals surface area contributed by atoms with Crippen LogP contribution < -0.4 is 20.1 Å². The standard InChI is InChI=1S/C21H28N4O4S/c1-24-7-9-25(10-8-24)18(15-6-11-30-14-15)13-22-20(26)21(27)23-17-5-4-16(28-2)12-19(17)29-3/h4-6,11-12,14,18H,7-10,13H2,1-3H3,(H,22,26)(H,23,27)/t18-/m0/s1. The van der Waals surface area contributed by atoms with Gasteiger partial charge in [0.2, 0.25) is 0 Å². The zero-order chi connectivity index (χ0) is 21.5. The molecule has 1 aliphatic heterocycles. The molecular formula is C21H28N4O4S. The quantitative estimate of drug-likeness (QED) is 0.650. The van der Waals surface area contributed by atoms with E-state index in [2.05, 4.69) is 38.9 Å². The third kappa shape index (κ3) is 5.50. The molecule has 162 valence electrons. The lowest BCUT2D eigenvalue weighted by atomic mass is 10.1. The first-order chi connectivity index (χ1) is 14.5. The molecule has 3 rings (SSSR count). The monoisotopic (exact) mass is 432 g/mol. The first kappa shape index (κ1) is 22.1. The minimum Gasteiger partial charge on any atom is -0.497 e. The van der Waals surface area contributed by atoms with Crippen LogP contribution in [0.1, 0.15) is 11.6 Å². The summed E-state index contributed by atoms with van der Waals surface area (Å²) < 4.78 is 10.4. The Labute approximate surface area is 180 Å². The molecule has 2 aromatic rings. The van der Waals surface area contributed by atoms with E-state index in [0.29, 0.717) is 23.7 Å². The molecule has 2 amide bonds. The maximum atomic E-state index is 12.5. The van der Waals surface area contributed by atoms with Gasteiger partial charge in [0.05, 0.1) is 25.9 Å². The second-order valence-corrected chi connectivity index (χ2v) is 7.92. The summed E-state index contributed by atoms with van der Waals surface area (Å²) >= 11 is 1.63. The van der Waals surface area contributed by atoms with E-state index in [1.165, 1.54) is 7.11 Å². The predicted octanol–water partition coefficient (Wildman–Crippen LogP) is 1.81. The molecule has 1 aromatic carbocycles. The summed E-state index contributed by atoms with van der Waals surface area (Å²) in [4.78, 5) is 29.5. The normalized spacial score (nSPS) is 16.0. The van der Waals surface area contributed by atoms with Crippen molar-refractivity contribution < 1.29 is 19.1 Å². The van der Waals surface area contributed by atoms with Gasteiger partial charge in [-0.25, -0.2) is 0 Å². The lowest BCUT2D eigenvalue weighted by Crippen LogP contribution is -2.49. The first-order valence-corrected chi connectivity index (χ1v) is 10.7. The Bertz CT molecular complexity index is 851. The molecule has 1 aromatic heterocycles. The fraction of sp³-hybridized carbons (Fsp3) is 0.429. The zero-order valence-corrected chi connectivity index (χ0v) is 18.3. The van der Waals surface area contributed by atoms with Crippen molar-refractivity contribution in [3.63, 3.8) is 0 Å². The van der Waals surface area contributed by atoms with E-state index in [1.54, 1.807) is 36.6 Å². The van der Waals surface area contributed by atoms with Gasteiger partial charge in [-0.05, 0) is 41.6 Å². The molecule has 9 heteroatoms. The number of benzene rings is 1. The van der Waals surface area contributed by atoms with Crippen molar-refractivity contribution in [3.8, 4) is 11.5 Å². The summed E-state index contributed by atoms with van der Waals surface area (Å²) in [6, 6.07) is 7.09. The molecule has 1 aliphatic rings. The third-order valence-electron chi connectivity index (χ3n) is 5.23. The number of carbonyl (C=O) groups excluding carboxylic acids is 2. The summed E-state index contributed by atoms with van der Waals surface area (Å²) in [5.74, 6) is -0.396. The van der Waals surface area contributed by atoms with E-state index in [1.807, 2.05) is 5.38 Å². The molecule has 2 N–H and O–H groups in total. The number of thiophene rings is 1. The molecule has 0 saturated carbocycles. The van der Waals surface area contributed by atoms with E-state index in [9.17, 15) is 9.59 Å². The van der Waals surface area contributed by atoms with Gasteiger partial charge < -0.3 is 25.0 Å². The average Bonchev–Trinajstić information content (AvgIpc) is 3.29. The Morgan fingerprint density at radius 3 is 2.50 bits per heavy atom. The zero-order valence-electron chi connectivity index (χ0n) is 17.5. The van der Waals surface area contributed by atoms with Crippen LogP contribution in [0.3, 0.4) is 0 Å². The van der Waals surface area contributed by atoms with Gasteiger partial charge in [0.1, 0.15) is 11.5 Å². The highest BCUT2D eigenvalue weighted by atomic mass is 32.1. The van der Waals surface area contributed by atoms with E-state index in [-0.39, 0.29) is 6.04 Å². The van der Waals surface area contributed by atoms with Crippen LogP contribution >= 0.6 is 11.3 Å². The number of hydrogen-bond acceptors (Lipinski definition) is 7. The second kappa shape index (κ2) is 10.4. The van der Waals surface area contributed by atoms with Gasteiger partial charge >= 0.3 is 11.8 Å². The number of rotatable bonds is 7. The largest absolute Gasteiger partial charge is 0.497 e. The fourth-order valence-corrected chi connectivity index (χ4v) is 4.11. The lowest BCUT2D eigenvalue weighted by molar-refractivity contribution is -0.136. The molecule has 30 heavy (non-hydrogen) atoms. The van der Waals surface area contributed by atoms with Crippen molar-refractivity contribution in [2.45, 2.75) is 6.04 Å². The van der Waals surface area contributed by atoms with Crippen LogP contribution in [0.25, 0.3) is 0 Å². The SMILES string of the molecule is COc1ccc(NC(=O)C(=O)NC[C@@H](c2ccsc2)N2CCN(C)CC2)c(OC)c1. The van der Waals surface area contributed by atoms with Crippen molar-refractivity contribution in [1.29, 1.82) is 0 Å². The highest BCUT2D eigenvalue weighted by Gasteiger charge is 2.26. The Balaban J connectivity index is 1.62. The number of methoxy groups -OCH3 is 2. The van der Waals surface area contributed by atoms with Crippen molar-refractivity contribution in [2.75, 3.05) is 59.3 Å². The number of carbonyl (C=O) groups is 2. The molecule has 1 saturated heterocycles. The van der Waals surface area contributed by atoms with Crippen molar-refractivity contribution in [1.82, 2.24) is 15.1 Å². The summed E-state index contributed by atoms with van der Waals surface area (Å²) in [6.45, 7) is 4.16. The van der Waals surface area contributed by atoms with Crippen LogP contribution in [0, 0.1) is 0 Å². The molecule has 0 bridgehead atoms. The maximum Gasteiger partial charge on any atom is 0.313 e. The number of nitrogens with one attached hydrogen (secondary N) is 2. The van der Waals surface area contributed by atoms with Gasteiger partial charge in [0.15, 0.2) is 0 Å². The topological polar surface area (TPSA) is 83.1 Å². The highest BCUT2D eigenvalue weighted by molar-refractivity contribution is 7.08. The van der Waals surface area contributed by atoms with E-state index in [0.717, 1.165) is 31.7 Å². The molecule has 0 unspecified atom stereocenters. The number of nitrogens with zero attached hydrogens (tertiary/aromatic N) is 2. The van der Waals surface area contributed by atoms with Gasteiger partial charge in [0, 0.05) is 38.8 Å². The number of ether oxygens (including phenoxy) is 2. The average molecular weight is 433 g/mol. The van der Waals surface area contributed by atoms with E-state index < -0.39 is 11.8 Å². The van der Waals surface area contributed by atoms with Gasteiger partial charge in [-0.1, -0.05) is 0 Å². The van der Waals surface area contributed by atoms with Crippen LogP contribution in [-0.4, -0.2) is 75.6 Å². The molecule has 0 aliphatic carbocycles. The number of amides is 2. The molecule has 8 nitrogen and oxygen atoms in total. The Morgan fingerprint density at radius 2 is 1.87 bits per heavy atom. The van der Waals surface area contributed by atoms with Crippen LogP contribution in [0.5, 0.6) is 11.5 Å². The number of piperazine rings is 1. The Kier molecular flexibility index (Phi) is 7.67. The molecule has 1 atom stereocenters. The lowest BCUT2D eigenvalue weighted by Gasteiger charge is -2.37. The highest BCUT2D eigenvalue weighted by Crippen LogP contribution is 2.29. The Morgan fingerprint density at radius 1 is 1.10 bits per heavy atom. The van der Waals surface area contributed by atoms with Crippen LogP contribution in [0.15, 0.2) is 35.0 Å². The van der Waals surface area contributed by atoms with Crippen molar-refractivity contribution in [3.05, 3.63) is 40.6 Å². The minimum atomic E-state index is -0.735. The second-order valence-electron chi connectivity index (χ2n) is 7.14. The summed E-state index contributed by atoms with van der Waals surface area (Å²) in [7, 11) is 5.15. The van der Waals surface area contributed by atoms with Gasteiger partial charge in [0.25, 0.3) is 0 Å². The number of hydrogen-bond donors (Lipinski definition) is 2. The summed E-state index contributed by atoms with van der Waals surface area (Å²) in [6.07, 6.45) is 0. The van der Waals surface area contributed by atoms with E-state index in [4.69, 9.17) is 9.47 Å². The van der Waals surface area contributed by atoms with Crippen LogP contribution in [-0.2, 0) is 9.59 Å². The smallest absolute Gasteiger partial charge is 0.313 e. The van der Waals surface area contributed by atoms with Crippen LogP contribution in [0.4, 0.5) is 5.69 Å². The van der Waals surface area contributed by atoms with Gasteiger partial charge in [-0.3, -0.25) is 14.5 Å². The first-order valence-electron chi connectivity index (χ1n) is 9.77. The molecule has 2 heterocycles. The third-order valence-corrected chi connectivity index (χ3v) is 5.93. The molecular weight excluding hydrogens is 404 g/mol. The number of likely N-dealkylation sites (N-methyl/N-ethyl adjacent to an activating group) is 1. The minimum absolute atomic E-state index is 0.0391. The predicted molar refractivity (Wildman–Crippen MR) is 117 cm³/mol. The van der Waals surface area contributed by atoms with Crippen molar-refractivity contribution in [2.24, 2.45) is 0 Å². The molecule has 1 fully saturated rings. The number of anilines is 1. The van der Waals surface area contributed by atoms with Gasteiger partial charge in [-0.2, -0.15) is 11.3 Å². The van der Waals surface area contributed by atoms with Crippen LogP contribution in [0.2, 0.25) is 0 Å². The fourth-order valence-electron chi connectivity index (χ4n) is 3.41. The molecule has 0 radical (unpaired) electrons. The summed E-state index contributed by atoms with van der Waals surface area (Å²) in [5, 5.41) is 9.52. The Hall–Kier alpha value is -2.62. The van der Waals surface area contributed by atoms with Crippen molar-refractivity contribution >= 4 is 28.8 Å². The molecule has 0 spiro atoms. The maximum absolute atomic E-state index is 12.5. The summed E-state index contributed by atoms with van der Waals surface area (Å²) in [5.41, 5.74) is 1.56.